The van der Waals surface area contributed by atoms with Gasteiger partial charge in [-0.3, -0.25) is 4.99 Å². The Balaban J connectivity index is 1.64. The summed E-state index contributed by atoms with van der Waals surface area (Å²) in [4.78, 5) is 6.44. The number of anilines is 1. The van der Waals surface area contributed by atoms with Gasteiger partial charge in [0.2, 0.25) is 0 Å². The monoisotopic (exact) mass is 229 g/mol. The molecule has 0 radical (unpaired) electrons. The van der Waals surface area contributed by atoms with Gasteiger partial charge >= 0.3 is 0 Å². The fourth-order valence-corrected chi connectivity index (χ4v) is 2.61. The molecule has 2 aliphatic rings. The summed E-state index contributed by atoms with van der Waals surface area (Å²) in [6, 6.07) is 9.61. The first-order chi connectivity index (χ1) is 8.42. The molecule has 0 aromatic heterocycles. The van der Waals surface area contributed by atoms with Gasteiger partial charge < -0.3 is 10.2 Å². The summed E-state index contributed by atoms with van der Waals surface area (Å²) in [5.74, 6) is 0. The van der Waals surface area contributed by atoms with Gasteiger partial charge in [-0.1, -0.05) is 12.1 Å². The summed E-state index contributed by atoms with van der Waals surface area (Å²) in [6.07, 6.45) is 5.75. The quantitative estimate of drug-likeness (QED) is 0.856. The molecule has 2 heterocycles. The molecule has 1 aromatic rings. The standard InChI is InChI=1S/C14H19N3/c1-2-13(16-7-1)10-12-3-5-14(6-4-12)17-9-8-15-11-17/h3-6,11,13,16H,1-2,7-10H2. The predicted molar refractivity (Wildman–Crippen MR) is 71.9 cm³/mol. The number of aliphatic imine (C=N–C) groups is 1. The van der Waals surface area contributed by atoms with Crippen molar-refractivity contribution < 1.29 is 0 Å². The van der Waals surface area contributed by atoms with Gasteiger partial charge in [-0.15, -0.1) is 0 Å². The van der Waals surface area contributed by atoms with E-state index in [-0.39, 0.29) is 0 Å². The Morgan fingerprint density at radius 2 is 2.18 bits per heavy atom. The maximum atomic E-state index is 4.24. The smallest absolute Gasteiger partial charge is 0.0895 e. The van der Waals surface area contributed by atoms with Crippen molar-refractivity contribution in [1.82, 2.24) is 5.32 Å². The van der Waals surface area contributed by atoms with Crippen LogP contribution in [0.5, 0.6) is 0 Å². The molecular weight excluding hydrogens is 210 g/mol. The van der Waals surface area contributed by atoms with Gasteiger partial charge in [0, 0.05) is 18.3 Å². The molecule has 2 aliphatic heterocycles. The Hall–Kier alpha value is -1.35. The number of rotatable bonds is 3. The van der Waals surface area contributed by atoms with Gasteiger partial charge in [0.15, 0.2) is 0 Å². The number of nitrogens with zero attached hydrogens (tertiary/aromatic N) is 2. The molecule has 1 aromatic carbocycles. The summed E-state index contributed by atoms with van der Waals surface area (Å²) >= 11 is 0. The van der Waals surface area contributed by atoms with Crippen molar-refractivity contribution in [1.29, 1.82) is 0 Å². The second-order valence-corrected chi connectivity index (χ2v) is 4.88. The van der Waals surface area contributed by atoms with Gasteiger partial charge in [-0.05, 0) is 43.5 Å². The summed E-state index contributed by atoms with van der Waals surface area (Å²) in [6.45, 7) is 3.13. The molecule has 0 amide bonds. The first kappa shape index (κ1) is 10.8. The molecule has 1 saturated heterocycles. The minimum Gasteiger partial charge on any atom is -0.331 e. The molecular formula is C14H19N3. The van der Waals surface area contributed by atoms with Gasteiger partial charge in [-0.25, -0.2) is 0 Å². The highest BCUT2D eigenvalue weighted by molar-refractivity contribution is 5.80. The van der Waals surface area contributed by atoms with E-state index in [9.17, 15) is 0 Å². The number of nitrogens with one attached hydrogen (secondary N) is 1. The average Bonchev–Trinajstić information content (AvgIpc) is 3.01. The zero-order chi connectivity index (χ0) is 11.5. The molecule has 0 aliphatic carbocycles. The van der Waals surface area contributed by atoms with E-state index in [1.165, 1.54) is 30.6 Å². The van der Waals surface area contributed by atoms with E-state index in [0.29, 0.717) is 6.04 Å². The van der Waals surface area contributed by atoms with Crippen molar-refractivity contribution >= 4 is 12.0 Å². The molecule has 1 N–H and O–H groups in total. The lowest BCUT2D eigenvalue weighted by Crippen LogP contribution is -2.23. The number of hydrogen-bond donors (Lipinski definition) is 1. The SMILES string of the molecule is C1=NCCN1c1ccc(CC2CCCN2)cc1. The molecule has 1 fully saturated rings. The van der Waals surface area contributed by atoms with E-state index >= 15 is 0 Å². The van der Waals surface area contributed by atoms with Crippen LogP contribution in [0.2, 0.25) is 0 Å². The Bertz CT molecular complexity index is 390. The lowest BCUT2D eigenvalue weighted by molar-refractivity contribution is 0.603. The van der Waals surface area contributed by atoms with Crippen LogP contribution < -0.4 is 10.2 Å². The van der Waals surface area contributed by atoms with Crippen LogP contribution in [0.1, 0.15) is 18.4 Å². The highest BCUT2D eigenvalue weighted by Crippen LogP contribution is 2.18. The minimum atomic E-state index is 0.689. The van der Waals surface area contributed by atoms with E-state index in [0.717, 1.165) is 19.5 Å². The van der Waals surface area contributed by atoms with Crippen molar-refractivity contribution in [2.75, 3.05) is 24.5 Å². The van der Waals surface area contributed by atoms with Crippen molar-refractivity contribution in [3.8, 4) is 0 Å². The molecule has 3 rings (SSSR count). The highest BCUT2D eigenvalue weighted by atomic mass is 15.2. The van der Waals surface area contributed by atoms with E-state index in [4.69, 9.17) is 0 Å². The van der Waals surface area contributed by atoms with E-state index in [1.54, 1.807) is 0 Å². The maximum Gasteiger partial charge on any atom is 0.0895 e. The van der Waals surface area contributed by atoms with Crippen LogP contribution in [0.3, 0.4) is 0 Å². The third-order valence-corrected chi connectivity index (χ3v) is 3.60. The molecule has 17 heavy (non-hydrogen) atoms. The summed E-state index contributed by atoms with van der Waals surface area (Å²) in [5, 5.41) is 3.54. The Morgan fingerprint density at radius 1 is 1.29 bits per heavy atom. The lowest BCUT2D eigenvalue weighted by Gasteiger charge is -2.15. The minimum absolute atomic E-state index is 0.689. The lowest BCUT2D eigenvalue weighted by atomic mass is 10.0. The van der Waals surface area contributed by atoms with Gasteiger partial charge in [0.25, 0.3) is 0 Å². The normalized spacial score (nSPS) is 23.5. The summed E-state index contributed by atoms with van der Waals surface area (Å²) < 4.78 is 0. The van der Waals surface area contributed by atoms with Crippen LogP contribution in [0, 0.1) is 0 Å². The summed E-state index contributed by atoms with van der Waals surface area (Å²) in [5.41, 5.74) is 2.69. The molecule has 90 valence electrons. The van der Waals surface area contributed by atoms with Crippen LogP contribution in [0.15, 0.2) is 29.3 Å². The fraction of sp³-hybridized carbons (Fsp3) is 0.500. The van der Waals surface area contributed by atoms with Gasteiger partial charge in [-0.2, -0.15) is 0 Å². The highest BCUT2D eigenvalue weighted by Gasteiger charge is 2.14. The van der Waals surface area contributed by atoms with Crippen LogP contribution in [-0.4, -0.2) is 32.0 Å². The molecule has 3 nitrogen and oxygen atoms in total. The zero-order valence-corrected chi connectivity index (χ0v) is 10.1. The first-order valence-electron chi connectivity index (χ1n) is 6.51. The van der Waals surface area contributed by atoms with E-state index in [2.05, 4.69) is 39.5 Å². The van der Waals surface area contributed by atoms with Crippen LogP contribution in [0.25, 0.3) is 0 Å². The topological polar surface area (TPSA) is 27.6 Å². The second-order valence-electron chi connectivity index (χ2n) is 4.88. The molecule has 3 heteroatoms. The van der Waals surface area contributed by atoms with Crippen molar-refractivity contribution in [2.45, 2.75) is 25.3 Å². The fourth-order valence-electron chi connectivity index (χ4n) is 2.61. The zero-order valence-electron chi connectivity index (χ0n) is 10.1. The van der Waals surface area contributed by atoms with E-state index in [1.807, 2.05) is 6.34 Å². The van der Waals surface area contributed by atoms with Gasteiger partial charge in [0.05, 0.1) is 12.9 Å². The molecule has 0 spiro atoms. The second kappa shape index (κ2) is 4.88. The van der Waals surface area contributed by atoms with Crippen LogP contribution in [0.4, 0.5) is 5.69 Å². The number of hydrogen-bond acceptors (Lipinski definition) is 3. The molecule has 1 atom stereocenters. The van der Waals surface area contributed by atoms with Crippen LogP contribution >= 0.6 is 0 Å². The third-order valence-electron chi connectivity index (χ3n) is 3.60. The maximum absolute atomic E-state index is 4.24. The number of benzene rings is 1. The van der Waals surface area contributed by atoms with Crippen molar-refractivity contribution in [2.24, 2.45) is 4.99 Å². The molecule has 0 saturated carbocycles. The van der Waals surface area contributed by atoms with Crippen LogP contribution in [-0.2, 0) is 6.42 Å². The molecule has 0 bridgehead atoms. The third kappa shape index (κ3) is 2.50. The van der Waals surface area contributed by atoms with Crippen molar-refractivity contribution in [3.05, 3.63) is 29.8 Å². The average molecular weight is 229 g/mol. The van der Waals surface area contributed by atoms with Gasteiger partial charge in [0.1, 0.15) is 0 Å². The van der Waals surface area contributed by atoms with Crippen molar-refractivity contribution in [3.63, 3.8) is 0 Å². The summed E-state index contributed by atoms with van der Waals surface area (Å²) in [7, 11) is 0. The predicted octanol–water partition coefficient (Wildman–Crippen LogP) is 1.83. The Morgan fingerprint density at radius 3 is 2.82 bits per heavy atom. The Kier molecular flexibility index (Phi) is 3.10. The van der Waals surface area contributed by atoms with E-state index < -0.39 is 0 Å². The largest absolute Gasteiger partial charge is 0.331 e. The molecule has 1 unspecified atom stereocenters. The first-order valence-corrected chi connectivity index (χ1v) is 6.51. The Labute approximate surface area is 103 Å².